The largest absolute Gasteiger partial charge is 0.415 e. The highest BCUT2D eigenvalue weighted by Gasteiger charge is 2.43. The highest BCUT2D eigenvalue weighted by Crippen LogP contribution is 2.34. The van der Waals surface area contributed by atoms with E-state index in [0.29, 0.717) is 30.4 Å². The molecule has 33 heavy (non-hydrogen) atoms. The number of likely N-dealkylation sites (N-methyl/N-ethyl adjacent to an activating group) is 1. The van der Waals surface area contributed by atoms with E-state index in [0.717, 1.165) is 31.5 Å². The molecule has 2 fully saturated rings. The Labute approximate surface area is 199 Å². The van der Waals surface area contributed by atoms with Crippen molar-refractivity contribution in [3.05, 3.63) is 58.8 Å². The Hall–Kier alpha value is -2.38. The van der Waals surface area contributed by atoms with Crippen LogP contribution >= 0.6 is 11.6 Å². The van der Waals surface area contributed by atoms with Crippen LogP contribution in [0.2, 0.25) is 5.02 Å². The normalized spacial score (nSPS) is 25.6. The summed E-state index contributed by atoms with van der Waals surface area (Å²) < 4.78 is 19.0. The minimum atomic E-state index is -1.05. The first-order chi connectivity index (χ1) is 16.0. The van der Waals surface area contributed by atoms with Crippen LogP contribution in [0.5, 0.6) is 0 Å². The molecule has 4 rings (SSSR count). The SMILES string of the molecule is CCN(C(=O)OC1=CCC(F)C=C1)C1CN(C(=O)C2CCNCC2)CC1c1ccc(Cl)cc1. The highest BCUT2D eigenvalue weighted by atomic mass is 35.5. The van der Waals surface area contributed by atoms with Gasteiger partial charge < -0.3 is 19.9 Å². The second-order valence-electron chi connectivity index (χ2n) is 8.86. The van der Waals surface area contributed by atoms with Crippen molar-refractivity contribution in [2.45, 2.75) is 44.3 Å². The summed E-state index contributed by atoms with van der Waals surface area (Å²) >= 11 is 6.10. The number of hydrogen-bond acceptors (Lipinski definition) is 4. The van der Waals surface area contributed by atoms with E-state index >= 15 is 0 Å². The van der Waals surface area contributed by atoms with Gasteiger partial charge in [0.2, 0.25) is 5.91 Å². The maximum absolute atomic E-state index is 13.4. The van der Waals surface area contributed by atoms with Gasteiger partial charge in [-0.2, -0.15) is 0 Å². The molecule has 1 aromatic carbocycles. The van der Waals surface area contributed by atoms with Crippen molar-refractivity contribution in [1.82, 2.24) is 15.1 Å². The molecule has 2 saturated heterocycles. The van der Waals surface area contributed by atoms with Gasteiger partial charge in [-0.25, -0.2) is 9.18 Å². The molecule has 1 aliphatic carbocycles. The smallest absolute Gasteiger partial charge is 0.411 e. The summed E-state index contributed by atoms with van der Waals surface area (Å²) in [5.41, 5.74) is 1.04. The van der Waals surface area contributed by atoms with Gasteiger partial charge in [0.05, 0.1) is 6.04 Å². The fourth-order valence-corrected chi connectivity index (χ4v) is 5.08. The van der Waals surface area contributed by atoms with Crippen LogP contribution in [0.25, 0.3) is 0 Å². The first kappa shape index (κ1) is 23.8. The summed E-state index contributed by atoms with van der Waals surface area (Å²) in [5, 5.41) is 3.95. The van der Waals surface area contributed by atoms with Crippen LogP contribution in [0, 0.1) is 5.92 Å². The maximum Gasteiger partial charge on any atom is 0.415 e. The van der Waals surface area contributed by atoms with Gasteiger partial charge in [-0.3, -0.25) is 4.79 Å². The Morgan fingerprint density at radius 3 is 2.58 bits per heavy atom. The number of ether oxygens (including phenoxy) is 1. The lowest BCUT2D eigenvalue weighted by Crippen LogP contribution is -2.45. The Morgan fingerprint density at radius 1 is 1.21 bits per heavy atom. The number of halogens is 2. The third-order valence-electron chi connectivity index (χ3n) is 6.78. The van der Waals surface area contributed by atoms with Gasteiger partial charge in [-0.15, -0.1) is 0 Å². The quantitative estimate of drug-likeness (QED) is 0.690. The Bertz CT molecular complexity index is 914. The molecule has 0 bridgehead atoms. The van der Waals surface area contributed by atoms with E-state index in [4.69, 9.17) is 16.3 Å². The summed E-state index contributed by atoms with van der Waals surface area (Å²) in [7, 11) is 0. The standard InChI is InChI=1S/C25H31ClFN3O3/c1-2-30(25(32)33-21-9-7-20(27)8-10-21)23-16-29(24(31)18-11-13-28-14-12-18)15-22(23)17-3-5-19(26)6-4-17/h3-7,9-10,18,20,22-23,28H,2,8,11-16H2,1H3. The zero-order valence-corrected chi connectivity index (χ0v) is 19.6. The average molecular weight is 476 g/mol. The molecule has 2 heterocycles. The summed E-state index contributed by atoms with van der Waals surface area (Å²) in [6.45, 7) is 5.05. The number of allylic oxidation sites excluding steroid dienone is 3. The molecule has 0 radical (unpaired) electrons. The van der Waals surface area contributed by atoms with E-state index in [1.807, 2.05) is 36.1 Å². The molecule has 0 saturated carbocycles. The van der Waals surface area contributed by atoms with Crippen LogP contribution in [0.15, 0.2) is 48.3 Å². The second kappa shape index (κ2) is 10.7. The molecule has 1 aromatic rings. The minimum Gasteiger partial charge on any atom is -0.411 e. The summed E-state index contributed by atoms with van der Waals surface area (Å²) in [6, 6.07) is 7.38. The molecule has 3 aliphatic rings. The molecule has 178 valence electrons. The molecule has 1 N–H and O–H groups in total. The first-order valence-electron chi connectivity index (χ1n) is 11.7. The van der Waals surface area contributed by atoms with Gasteiger partial charge in [0.15, 0.2) is 0 Å². The predicted octanol–water partition coefficient (Wildman–Crippen LogP) is 4.27. The van der Waals surface area contributed by atoms with Gasteiger partial charge in [-0.1, -0.05) is 23.7 Å². The van der Waals surface area contributed by atoms with Gasteiger partial charge in [-0.05, 0) is 68.8 Å². The Kier molecular flexibility index (Phi) is 7.71. The minimum absolute atomic E-state index is 0.0177. The number of rotatable bonds is 5. The molecule has 8 heteroatoms. The second-order valence-corrected chi connectivity index (χ2v) is 9.30. The number of nitrogens with zero attached hydrogens (tertiary/aromatic N) is 2. The van der Waals surface area contributed by atoms with Crippen molar-refractivity contribution in [3.8, 4) is 0 Å². The molecule has 6 nitrogen and oxygen atoms in total. The van der Waals surface area contributed by atoms with Gasteiger partial charge in [0, 0.05) is 42.9 Å². The zero-order chi connectivity index (χ0) is 23.4. The van der Waals surface area contributed by atoms with Crippen molar-refractivity contribution in [3.63, 3.8) is 0 Å². The van der Waals surface area contributed by atoms with Crippen molar-refractivity contribution < 1.29 is 18.7 Å². The Morgan fingerprint density at radius 2 is 1.94 bits per heavy atom. The predicted molar refractivity (Wildman–Crippen MR) is 126 cm³/mol. The number of carbonyl (C=O) groups excluding carboxylic acids is 2. The van der Waals surface area contributed by atoms with Crippen LogP contribution in [-0.4, -0.2) is 66.7 Å². The van der Waals surface area contributed by atoms with Crippen LogP contribution in [-0.2, 0) is 9.53 Å². The van der Waals surface area contributed by atoms with Gasteiger partial charge >= 0.3 is 6.09 Å². The highest BCUT2D eigenvalue weighted by molar-refractivity contribution is 6.30. The molecule has 0 spiro atoms. The van der Waals surface area contributed by atoms with Crippen LogP contribution < -0.4 is 5.32 Å². The molecule has 0 aromatic heterocycles. The number of alkyl halides is 1. The number of carbonyl (C=O) groups is 2. The summed E-state index contributed by atoms with van der Waals surface area (Å²) in [6.07, 6.45) is 4.82. The van der Waals surface area contributed by atoms with Crippen molar-refractivity contribution in [2.24, 2.45) is 5.92 Å². The van der Waals surface area contributed by atoms with Crippen LogP contribution in [0.1, 0.15) is 37.7 Å². The number of nitrogens with one attached hydrogen (secondary N) is 1. The number of likely N-dealkylation sites (tertiary alicyclic amines) is 1. The fourth-order valence-electron chi connectivity index (χ4n) is 4.96. The third-order valence-corrected chi connectivity index (χ3v) is 7.03. The number of benzene rings is 1. The zero-order valence-electron chi connectivity index (χ0n) is 18.9. The molecule has 3 unspecified atom stereocenters. The van der Waals surface area contributed by atoms with Crippen LogP contribution in [0.4, 0.5) is 9.18 Å². The van der Waals surface area contributed by atoms with E-state index in [1.165, 1.54) is 12.2 Å². The fraction of sp³-hybridized carbons (Fsp3) is 0.520. The lowest BCUT2D eigenvalue weighted by Gasteiger charge is -2.31. The Balaban J connectivity index is 1.54. The van der Waals surface area contributed by atoms with Gasteiger partial charge in [0.25, 0.3) is 0 Å². The monoisotopic (exact) mass is 475 g/mol. The van der Waals surface area contributed by atoms with E-state index in [-0.39, 0.29) is 30.2 Å². The van der Waals surface area contributed by atoms with E-state index in [2.05, 4.69) is 5.32 Å². The first-order valence-corrected chi connectivity index (χ1v) is 12.1. The third kappa shape index (κ3) is 5.58. The van der Waals surface area contributed by atoms with Crippen molar-refractivity contribution in [2.75, 3.05) is 32.7 Å². The number of hydrogen-bond donors (Lipinski definition) is 1. The van der Waals surface area contributed by atoms with E-state index < -0.39 is 12.3 Å². The van der Waals surface area contributed by atoms with Crippen molar-refractivity contribution in [1.29, 1.82) is 0 Å². The van der Waals surface area contributed by atoms with Gasteiger partial charge in [0.1, 0.15) is 11.9 Å². The number of amides is 2. The number of piperidine rings is 1. The maximum atomic E-state index is 13.4. The molecule has 2 amide bonds. The molecular weight excluding hydrogens is 445 g/mol. The average Bonchev–Trinajstić information content (AvgIpc) is 3.26. The van der Waals surface area contributed by atoms with Crippen molar-refractivity contribution >= 4 is 23.6 Å². The molecule has 3 atom stereocenters. The topological polar surface area (TPSA) is 61.9 Å². The summed E-state index contributed by atoms with van der Waals surface area (Å²) in [4.78, 5) is 30.0. The van der Waals surface area contributed by atoms with E-state index in [9.17, 15) is 14.0 Å². The lowest BCUT2D eigenvalue weighted by atomic mass is 9.93. The molecule has 2 aliphatic heterocycles. The molecular formula is C25H31ClFN3O3. The lowest BCUT2D eigenvalue weighted by molar-refractivity contribution is -0.135. The summed E-state index contributed by atoms with van der Waals surface area (Å²) in [5.74, 6) is 0.487. The van der Waals surface area contributed by atoms with Crippen LogP contribution in [0.3, 0.4) is 0 Å². The van der Waals surface area contributed by atoms with E-state index in [1.54, 1.807) is 11.0 Å².